The highest BCUT2D eigenvalue weighted by atomic mass is 35.5. The number of amides is 2. The van der Waals surface area contributed by atoms with E-state index in [1.54, 1.807) is 11.3 Å². The number of halogens is 1. The van der Waals surface area contributed by atoms with Crippen molar-refractivity contribution in [3.05, 3.63) is 51.2 Å². The van der Waals surface area contributed by atoms with Crippen LogP contribution in [0.25, 0.3) is 0 Å². The van der Waals surface area contributed by atoms with Gasteiger partial charge >= 0.3 is 6.03 Å². The number of benzene rings is 1. The van der Waals surface area contributed by atoms with Crippen molar-refractivity contribution in [3.8, 4) is 0 Å². The van der Waals surface area contributed by atoms with E-state index >= 15 is 0 Å². The first-order chi connectivity index (χ1) is 10.5. The SMILES string of the molecule is CC(C)NC(=O)Nc1ccc(CNCc2ccc(Cl)s2)cc1. The Morgan fingerprint density at radius 1 is 1.14 bits per heavy atom. The van der Waals surface area contributed by atoms with Crippen molar-refractivity contribution < 1.29 is 4.79 Å². The smallest absolute Gasteiger partial charge is 0.319 e. The van der Waals surface area contributed by atoms with Gasteiger partial charge in [0.1, 0.15) is 0 Å². The number of hydrogen-bond acceptors (Lipinski definition) is 3. The normalized spacial score (nSPS) is 10.7. The van der Waals surface area contributed by atoms with Crippen LogP contribution < -0.4 is 16.0 Å². The Balaban J connectivity index is 1.77. The van der Waals surface area contributed by atoms with E-state index in [1.807, 2.05) is 50.2 Å². The van der Waals surface area contributed by atoms with Crippen molar-refractivity contribution in [1.82, 2.24) is 10.6 Å². The van der Waals surface area contributed by atoms with Crippen molar-refractivity contribution in [2.75, 3.05) is 5.32 Å². The summed E-state index contributed by atoms with van der Waals surface area (Å²) in [5.41, 5.74) is 1.95. The molecule has 0 aliphatic carbocycles. The van der Waals surface area contributed by atoms with E-state index in [1.165, 1.54) is 4.88 Å². The number of hydrogen-bond donors (Lipinski definition) is 3. The van der Waals surface area contributed by atoms with Crippen LogP contribution in [0, 0.1) is 0 Å². The van der Waals surface area contributed by atoms with Gasteiger partial charge in [-0.1, -0.05) is 23.7 Å². The van der Waals surface area contributed by atoms with Crippen LogP contribution in [-0.2, 0) is 13.1 Å². The number of carbonyl (C=O) groups is 1. The highest BCUT2D eigenvalue weighted by Gasteiger charge is 2.03. The second-order valence-corrected chi connectivity index (χ2v) is 7.06. The van der Waals surface area contributed by atoms with Crippen molar-refractivity contribution in [3.63, 3.8) is 0 Å². The zero-order valence-electron chi connectivity index (χ0n) is 12.7. The Morgan fingerprint density at radius 2 is 1.86 bits per heavy atom. The number of carbonyl (C=O) groups excluding carboxylic acids is 1. The van der Waals surface area contributed by atoms with Crippen LogP contribution in [0.5, 0.6) is 0 Å². The van der Waals surface area contributed by atoms with Gasteiger partial charge in [-0.05, 0) is 43.7 Å². The van der Waals surface area contributed by atoms with Crippen LogP contribution >= 0.6 is 22.9 Å². The first kappa shape index (κ1) is 16.8. The van der Waals surface area contributed by atoms with Gasteiger partial charge in [0.2, 0.25) is 0 Å². The molecule has 118 valence electrons. The Bertz CT molecular complexity index is 610. The van der Waals surface area contributed by atoms with Gasteiger partial charge < -0.3 is 16.0 Å². The molecule has 22 heavy (non-hydrogen) atoms. The minimum atomic E-state index is -0.185. The Hall–Kier alpha value is -1.56. The van der Waals surface area contributed by atoms with Crippen molar-refractivity contribution in [2.24, 2.45) is 0 Å². The zero-order chi connectivity index (χ0) is 15.9. The fourth-order valence-electron chi connectivity index (χ4n) is 1.91. The number of rotatable bonds is 6. The fraction of sp³-hybridized carbons (Fsp3) is 0.312. The monoisotopic (exact) mass is 337 g/mol. The van der Waals surface area contributed by atoms with Crippen molar-refractivity contribution in [1.29, 1.82) is 0 Å². The van der Waals surface area contributed by atoms with E-state index in [2.05, 4.69) is 16.0 Å². The molecule has 2 aromatic rings. The van der Waals surface area contributed by atoms with Gasteiger partial charge in [-0.3, -0.25) is 0 Å². The molecule has 0 saturated heterocycles. The highest BCUT2D eigenvalue weighted by molar-refractivity contribution is 7.16. The topological polar surface area (TPSA) is 53.2 Å². The standard InChI is InChI=1S/C16H20ClN3OS/c1-11(2)19-16(21)20-13-5-3-12(4-6-13)9-18-10-14-7-8-15(17)22-14/h3-8,11,18H,9-10H2,1-2H3,(H2,19,20,21). The number of nitrogens with one attached hydrogen (secondary N) is 3. The van der Waals surface area contributed by atoms with Crippen LogP contribution in [0.2, 0.25) is 4.34 Å². The second-order valence-electron chi connectivity index (χ2n) is 5.26. The molecule has 1 heterocycles. The van der Waals surface area contributed by atoms with E-state index in [9.17, 15) is 4.79 Å². The molecular formula is C16H20ClN3OS. The summed E-state index contributed by atoms with van der Waals surface area (Å²) in [7, 11) is 0. The minimum Gasteiger partial charge on any atom is -0.336 e. The molecular weight excluding hydrogens is 318 g/mol. The van der Waals surface area contributed by atoms with Gasteiger partial charge in [0.15, 0.2) is 0 Å². The van der Waals surface area contributed by atoms with Gasteiger partial charge in [0.25, 0.3) is 0 Å². The van der Waals surface area contributed by atoms with Gasteiger partial charge in [-0.15, -0.1) is 11.3 Å². The third-order valence-corrected chi connectivity index (χ3v) is 4.12. The summed E-state index contributed by atoms with van der Waals surface area (Å²) in [6.07, 6.45) is 0. The van der Waals surface area contributed by atoms with E-state index in [0.29, 0.717) is 0 Å². The molecule has 0 spiro atoms. The summed E-state index contributed by atoms with van der Waals surface area (Å²) in [5.74, 6) is 0. The molecule has 2 amide bonds. The summed E-state index contributed by atoms with van der Waals surface area (Å²) in [6.45, 7) is 5.42. The van der Waals surface area contributed by atoms with Crippen molar-refractivity contribution >= 4 is 34.7 Å². The zero-order valence-corrected chi connectivity index (χ0v) is 14.2. The number of thiophene rings is 1. The molecule has 0 bridgehead atoms. The number of urea groups is 1. The summed E-state index contributed by atoms with van der Waals surface area (Å²) in [6, 6.07) is 11.7. The maximum absolute atomic E-state index is 11.6. The molecule has 3 N–H and O–H groups in total. The largest absolute Gasteiger partial charge is 0.336 e. The molecule has 0 unspecified atom stereocenters. The van der Waals surface area contributed by atoms with Crippen LogP contribution in [0.15, 0.2) is 36.4 Å². The van der Waals surface area contributed by atoms with Crippen LogP contribution in [-0.4, -0.2) is 12.1 Å². The predicted octanol–water partition coefficient (Wildman–Crippen LogP) is 4.22. The molecule has 0 aliphatic rings. The minimum absolute atomic E-state index is 0.120. The number of anilines is 1. The van der Waals surface area contributed by atoms with Crippen molar-refractivity contribution in [2.45, 2.75) is 33.0 Å². The average Bonchev–Trinajstić information content (AvgIpc) is 2.85. The van der Waals surface area contributed by atoms with E-state index in [4.69, 9.17) is 11.6 Å². The van der Waals surface area contributed by atoms with Crippen LogP contribution in [0.3, 0.4) is 0 Å². The molecule has 0 radical (unpaired) electrons. The third-order valence-electron chi connectivity index (χ3n) is 2.89. The lowest BCUT2D eigenvalue weighted by molar-refractivity contribution is 0.250. The summed E-state index contributed by atoms with van der Waals surface area (Å²) >= 11 is 7.48. The molecule has 4 nitrogen and oxygen atoms in total. The molecule has 1 aromatic heterocycles. The highest BCUT2D eigenvalue weighted by Crippen LogP contribution is 2.21. The van der Waals surface area contributed by atoms with Crippen LogP contribution in [0.4, 0.5) is 10.5 Å². The first-order valence-electron chi connectivity index (χ1n) is 7.14. The molecule has 0 aliphatic heterocycles. The van der Waals surface area contributed by atoms with E-state index in [0.717, 1.165) is 28.7 Å². The summed E-state index contributed by atoms with van der Waals surface area (Å²) in [4.78, 5) is 12.8. The summed E-state index contributed by atoms with van der Waals surface area (Å²) in [5, 5.41) is 8.96. The molecule has 1 aromatic carbocycles. The quantitative estimate of drug-likeness (QED) is 0.739. The van der Waals surface area contributed by atoms with Gasteiger partial charge in [-0.2, -0.15) is 0 Å². The predicted molar refractivity (Wildman–Crippen MR) is 93.6 cm³/mol. The van der Waals surface area contributed by atoms with Gasteiger partial charge in [0.05, 0.1) is 4.34 Å². The van der Waals surface area contributed by atoms with Gasteiger partial charge in [-0.25, -0.2) is 4.79 Å². The average molecular weight is 338 g/mol. The van der Waals surface area contributed by atoms with Gasteiger partial charge in [0, 0.05) is 29.7 Å². The van der Waals surface area contributed by atoms with E-state index in [-0.39, 0.29) is 12.1 Å². The second kappa shape index (κ2) is 8.17. The summed E-state index contributed by atoms with van der Waals surface area (Å²) < 4.78 is 0.812. The Morgan fingerprint density at radius 3 is 2.45 bits per heavy atom. The maximum atomic E-state index is 11.6. The first-order valence-corrected chi connectivity index (χ1v) is 8.34. The Labute approximate surface area is 139 Å². The maximum Gasteiger partial charge on any atom is 0.319 e. The lowest BCUT2D eigenvalue weighted by Gasteiger charge is -2.10. The lowest BCUT2D eigenvalue weighted by atomic mass is 10.2. The Kier molecular flexibility index (Phi) is 6.24. The molecule has 0 saturated carbocycles. The molecule has 0 fully saturated rings. The van der Waals surface area contributed by atoms with Crippen LogP contribution in [0.1, 0.15) is 24.3 Å². The lowest BCUT2D eigenvalue weighted by Crippen LogP contribution is -2.34. The fourth-order valence-corrected chi connectivity index (χ4v) is 2.97. The van der Waals surface area contributed by atoms with E-state index < -0.39 is 0 Å². The molecule has 2 rings (SSSR count). The molecule has 6 heteroatoms. The third kappa shape index (κ3) is 5.67. The molecule has 0 atom stereocenters.